The van der Waals surface area contributed by atoms with Crippen LogP contribution in [0.15, 0.2) is 24.5 Å². The summed E-state index contributed by atoms with van der Waals surface area (Å²) in [7, 11) is 0. The van der Waals surface area contributed by atoms with E-state index in [1.807, 2.05) is 12.1 Å². The second-order valence-corrected chi connectivity index (χ2v) is 6.79. The van der Waals surface area contributed by atoms with Gasteiger partial charge < -0.3 is 10.2 Å². The molecule has 1 fully saturated rings. The van der Waals surface area contributed by atoms with Crippen LogP contribution in [0.3, 0.4) is 0 Å². The lowest BCUT2D eigenvalue weighted by molar-refractivity contribution is 0.521. The number of fused-ring (bicyclic) bond motifs is 1. The summed E-state index contributed by atoms with van der Waals surface area (Å²) in [6, 6.07) is 6.43. The predicted octanol–water partition coefficient (Wildman–Crippen LogP) is 2.70. The lowest BCUT2D eigenvalue weighted by atomic mass is 9.95. The van der Waals surface area contributed by atoms with Crippen LogP contribution in [-0.2, 0) is 12.8 Å². The molecule has 6 nitrogen and oxygen atoms in total. The third kappa shape index (κ3) is 3.41. The first kappa shape index (κ1) is 15.8. The number of hydrogen-bond acceptors (Lipinski definition) is 6. The van der Waals surface area contributed by atoms with E-state index in [2.05, 4.69) is 26.3 Å². The van der Waals surface area contributed by atoms with Crippen molar-refractivity contribution in [3.05, 3.63) is 41.3 Å². The summed E-state index contributed by atoms with van der Waals surface area (Å²) in [6.45, 7) is 1.79. The van der Waals surface area contributed by atoms with Gasteiger partial charge >= 0.3 is 0 Å². The molecule has 1 aliphatic heterocycles. The molecule has 2 aromatic rings. The standard InChI is InChI=1S/C19H22N6/c20-12-15-11-14-5-1-2-7-17(14)24-18(15)23-16-6-3-10-25(13-16)19-21-8-4-9-22-19/h4,8-9,11,16H,1-3,5-7,10,13H2,(H,23,24). The van der Waals surface area contributed by atoms with Crippen LogP contribution < -0.4 is 10.2 Å². The highest BCUT2D eigenvalue weighted by atomic mass is 15.3. The van der Waals surface area contributed by atoms with Crippen molar-refractivity contribution in [1.29, 1.82) is 5.26 Å². The minimum atomic E-state index is 0.249. The molecule has 1 aliphatic carbocycles. The van der Waals surface area contributed by atoms with E-state index in [1.54, 1.807) is 12.4 Å². The molecule has 2 aromatic heterocycles. The normalized spacial score (nSPS) is 19.8. The molecule has 6 heteroatoms. The van der Waals surface area contributed by atoms with Crippen LogP contribution in [0.4, 0.5) is 11.8 Å². The first-order valence-corrected chi connectivity index (χ1v) is 9.05. The molecule has 1 N–H and O–H groups in total. The predicted molar refractivity (Wildman–Crippen MR) is 96.5 cm³/mol. The van der Waals surface area contributed by atoms with E-state index in [-0.39, 0.29) is 6.04 Å². The molecular weight excluding hydrogens is 312 g/mol. The van der Waals surface area contributed by atoms with Crippen LogP contribution in [0, 0.1) is 11.3 Å². The molecule has 0 radical (unpaired) electrons. The van der Waals surface area contributed by atoms with Crippen molar-refractivity contribution in [2.45, 2.75) is 44.6 Å². The highest BCUT2D eigenvalue weighted by molar-refractivity contribution is 5.55. The zero-order valence-electron chi connectivity index (χ0n) is 14.3. The van der Waals surface area contributed by atoms with Gasteiger partial charge in [0, 0.05) is 37.2 Å². The molecule has 0 spiro atoms. The van der Waals surface area contributed by atoms with Crippen molar-refractivity contribution in [2.75, 3.05) is 23.3 Å². The van der Waals surface area contributed by atoms with Crippen molar-refractivity contribution in [1.82, 2.24) is 15.0 Å². The minimum Gasteiger partial charge on any atom is -0.364 e. The Hall–Kier alpha value is -2.68. The van der Waals surface area contributed by atoms with Gasteiger partial charge in [-0.15, -0.1) is 0 Å². The Bertz CT molecular complexity index is 782. The Morgan fingerprint density at radius 1 is 1.16 bits per heavy atom. The lowest BCUT2D eigenvalue weighted by Gasteiger charge is -2.33. The molecule has 128 valence electrons. The van der Waals surface area contributed by atoms with Gasteiger partial charge in [-0.05, 0) is 56.2 Å². The maximum Gasteiger partial charge on any atom is 0.225 e. The zero-order valence-corrected chi connectivity index (χ0v) is 14.3. The van der Waals surface area contributed by atoms with Gasteiger partial charge in [-0.3, -0.25) is 0 Å². The molecule has 4 rings (SSSR count). The van der Waals surface area contributed by atoms with E-state index in [0.29, 0.717) is 5.56 Å². The van der Waals surface area contributed by atoms with E-state index < -0.39 is 0 Å². The lowest BCUT2D eigenvalue weighted by Crippen LogP contribution is -2.43. The third-order valence-corrected chi connectivity index (χ3v) is 5.02. The van der Waals surface area contributed by atoms with Crippen LogP contribution in [-0.4, -0.2) is 34.1 Å². The molecular formula is C19H22N6. The molecule has 0 bridgehead atoms. The van der Waals surface area contributed by atoms with Crippen LogP contribution in [0.25, 0.3) is 0 Å². The van der Waals surface area contributed by atoms with E-state index >= 15 is 0 Å². The maximum absolute atomic E-state index is 9.52. The number of nitrogens with zero attached hydrogens (tertiary/aromatic N) is 5. The number of aromatic nitrogens is 3. The minimum absolute atomic E-state index is 0.249. The summed E-state index contributed by atoms with van der Waals surface area (Å²) in [5, 5.41) is 13.0. The van der Waals surface area contributed by atoms with Gasteiger partial charge in [0.2, 0.25) is 5.95 Å². The van der Waals surface area contributed by atoms with E-state index in [1.165, 1.54) is 18.4 Å². The Balaban J connectivity index is 1.52. The topological polar surface area (TPSA) is 77.7 Å². The first-order chi connectivity index (χ1) is 12.3. The number of pyridine rings is 1. The Morgan fingerprint density at radius 2 is 2.00 bits per heavy atom. The number of hydrogen-bond donors (Lipinski definition) is 1. The molecule has 3 heterocycles. The third-order valence-electron chi connectivity index (χ3n) is 5.02. The smallest absolute Gasteiger partial charge is 0.225 e. The quantitative estimate of drug-likeness (QED) is 0.930. The van der Waals surface area contributed by atoms with Gasteiger partial charge in [-0.25, -0.2) is 15.0 Å². The summed E-state index contributed by atoms with van der Waals surface area (Å²) < 4.78 is 0. The van der Waals surface area contributed by atoms with Gasteiger partial charge in [0.05, 0.1) is 5.56 Å². The Labute approximate surface area is 147 Å². The number of nitriles is 1. The molecule has 0 amide bonds. The summed E-state index contributed by atoms with van der Waals surface area (Å²) >= 11 is 0. The number of aryl methyl sites for hydroxylation is 2. The largest absolute Gasteiger partial charge is 0.364 e. The molecule has 25 heavy (non-hydrogen) atoms. The summed E-state index contributed by atoms with van der Waals surface area (Å²) in [4.78, 5) is 15.7. The Morgan fingerprint density at radius 3 is 2.84 bits per heavy atom. The second-order valence-electron chi connectivity index (χ2n) is 6.79. The highest BCUT2D eigenvalue weighted by Crippen LogP contribution is 2.26. The van der Waals surface area contributed by atoms with Gasteiger partial charge in [-0.1, -0.05) is 0 Å². The molecule has 0 aromatic carbocycles. The van der Waals surface area contributed by atoms with Gasteiger partial charge in [-0.2, -0.15) is 5.26 Å². The first-order valence-electron chi connectivity index (χ1n) is 9.05. The molecule has 0 saturated carbocycles. The fraction of sp³-hybridized carbons (Fsp3) is 0.474. The Kier molecular flexibility index (Phi) is 4.47. The average Bonchev–Trinajstić information content (AvgIpc) is 2.68. The van der Waals surface area contributed by atoms with Crippen LogP contribution in [0.1, 0.15) is 42.5 Å². The molecule has 1 unspecified atom stereocenters. The van der Waals surface area contributed by atoms with Crippen molar-refractivity contribution >= 4 is 11.8 Å². The van der Waals surface area contributed by atoms with E-state index in [9.17, 15) is 5.26 Å². The summed E-state index contributed by atoms with van der Waals surface area (Å²) in [5.41, 5.74) is 3.07. The van der Waals surface area contributed by atoms with Crippen LogP contribution in [0.2, 0.25) is 0 Å². The van der Waals surface area contributed by atoms with Crippen molar-refractivity contribution in [3.8, 4) is 6.07 Å². The van der Waals surface area contributed by atoms with E-state index in [0.717, 1.165) is 56.2 Å². The van der Waals surface area contributed by atoms with Crippen LogP contribution >= 0.6 is 0 Å². The monoisotopic (exact) mass is 334 g/mol. The van der Waals surface area contributed by atoms with Crippen molar-refractivity contribution in [3.63, 3.8) is 0 Å². The molecule has 2 aliphatic rings. The second kappa shape index (κ2) is 7.06. The number of rotatable bonds is 3. The maximum atomic E-state index is 9.52. The summed E-state index contributed by atoms with van der Waals surface area (Å²) in [5.74, 6) is 1.51. The van der Waals surface area contributed by atoms with Crippen molar-refractivity contribution in [2.24, 2.45) is 0 Å². The fourth-order valence-electron chi connectivity index (χ4n) is 3.75. The summed E-state index contributed by atoms with van der Waals surface area (Å²) in [6.07, 6.45) is 10.1. The number of anilines is 2. The zero-order chi connectivity index (χ0) is 17.1. The fourth-order valence-corrected chi connectivity index (χ4v) is 3.75. The van der Waals surface area contributed by atoms with Crippen molar-refractivity contribution < 1.29 is 0 Å². The SMILES string of the molecule is N#Cc1cc2c(nc1NC1CCCN(c3ncccn3)C1)CCCC2. The number of nitrogens with one attached hydrogen (secondary N) is 1. The number of piperidine rings is 1. The average molecular weight is 334 g/mol. The van der Waals surface area contributed by atoms with Gasteiger partial charge in [0.25, 0.3) is 0 Å². The van der Waals surface area contributed by atoms with E-state index in [4.69, 9.17) is 4.98 Å². The highest BCUT2D eigenvalue weighted by Gasteiger charge is 2.23. The van der Waals surface area contributed by atoms with Crippen LogP contribution in [0.5, 0.6) is 0 Å². The molecule has 1 atom stereocenters. The molecule has 1 saturated heterocycles. The van der Waals surface area contributed by atoms with Gasteiger partial charge in [0.15, 0.2) is 0 Å². The van der Waals surface area contributed by atoms with Gasteiger partial charge in [0.1, 0.15) is 11.9 Å².